The molecule has 2 heterocycles. The molecule has 24 heavy (non-hydrogen) atoms. The van der Waals surface area contributed by atoms with Gasteiger partial charge in [0.1, 0.15) is 0 Å². The summed E-state index contributed by atoms with van der Waals surface area (Å²) in [6.45, 7) is 1.95. The molecule has 3 aromatic rings. The largest absolute Gasteiger partial charge is 0.481 e. The molecule has 0 fully saturated rings. The Morgan fingerprint density at radius 1 is 1.25 bits per heavy atom. The van der Waals surface area contributed by atoms with Crippen LogP contribution in [0.1, 0.15) is 34.1 Å². The van der Waals surface area contributed by atoms with Crippen LogP contribution in [-0.2, 0) is 4.79 Å². The monoisotopic (exact) mass is 324 g/mol. The molecule has 3 N–H and O–H groups in total. The summed E-state index contributed by atoms with van der Waals surface area (Å²) >= 11 is 0. The maximum atomic E-state index is 12.6. The van der Waals surface area contributed by atoms with Crippen molar-refractivity contribution in [2.75, 3.05) is 0 Å². The van der Waals surface area contributed by atoms with Gasteiger partial charge in [0.25, 0.3) is 5.91 Å². The SMILES string of the molecule is Cc1ccc2c(C(=O)NC(CC(=O)O)c3ccncc3)n[nH]c2c1. The van der Waals surface area contributed by atoms with Gasteiger partial charge in [-0.05, 0) is 36.2 Å². The van der Waals surface area contributed by atoms with Gasteiger partial charge in [-0.2, -0.15) is 5.10 Å². The Morgan fingerprint density at radius 2 is 2.00 bits per heavy atom. The lowest BCUT2D eigenvalue weighted by molar-refractivity contribution is -0.137. The van der Waals surface area contributed by atoms with Crippen LogP contribution in [0.25, 0.3) is 10.9 Å². The Kier molecular flexibility index (Phi) is 4.24. The predicted molar refractivity (Wildman–Crippen MR) is 87.5 cm³/mol. The minimum Gasteiger partial charge on any atom is -0.481 e. The Hall–Kier alpha value is -3.22. The molecule has 0 radical (unpaired) electrons. The van der Waals surface area contributed by atoms with E-state index in [1.54, 1.807) is 24.5 Å². The first-order valence-electron chi connectivity index (χ1n) is 7.42. The Bertz CT molecular complexity index is 889. The highest BCUT2D eigenvalue weighted by molar-refractivity contribution is 6.05. The first-order valence-corrected chi connectivity index (χ1v) is 7.42. The minimum atomic E-state index is -1.00. The molecule has 1 atom stereocenters. The van der Waals surface area contributed by atoms with Crippen molar-refractivity contribution in [2.24, 2.45) is 0 Å². The molecule has 122 valence electrons. The Morgan fingerprint density at radius 3 is 2.71 bits per heavy atom. The smallest absolute Gasteiger partial charge is 0.305 e. The summed E-state index contributed by atoms with van der Waals surface area (Å²) in [5.41, 5.74) is 2.74. The third-order valence-electron chi connectivity index (χ3n) is 3.73. The third-order valence-corrected chi connectivity index (χ3v) is 3.73. The molecule has 1 amide bonds. The number of amides is 1. The van der Waals surface area contributed by atoms with Gasteiger partial charge >= 0.3 is 5.97 Å². The zero-order valence-electron chi connectivity index (χ0n) is 13.0. The molecular formula is C17H16N4O3. The van der Waals surface area contributed by atoms with Gasteiger partial charge in [0.05, 0.1) is 18.0 Å². The molecule has 7 heteroatoms. The standard InChI is InChI=1S/C17H16N4O3/c1-10-2-3-12-14(8-10)20-21-16(12)17(24)19-13(9-15(22)23)11-4-6-18-7-5-11/h2-8,13H,9H2,1H3,(H,19,24)(H,20,21)(H,22,23). The van der Waals surface area contributed by atoms with E-state index in [4.69, 9.17) is 5.11 Å². The first-order chi connectivity index (χ1) is 11.5. The highest BCUT2D eigenvalue weighted by Gasteiger charge is 2.21. The number of carbonyl (C=O) groups excluding carboxylic acids is 1. The van der Waals surface area contributed by atoms with Crippen LogP contribution in [0.4, 0.5) is 0 Å². The zero-order chi connectivity index (χ0) is 17.1. The molecule has 0 aliphatic carbocycles. The lowest BCUT2D eigenvalue weighted by Crippen LogP contribution is -2.30. The van der Waals surface area contributed by atoms with Gasteiger partial charge in [-0.3, -0.25) is 19.7 Å². The molecule has 2 aromatic heterocycles. The molecule has 0 aliphatic rings. The second-order valence-corrected chi connectivity index (χ2v) is 5.53. The summed E-state index contributed by atoms with van der Waals surface area (Å²) in [6.07, 6.45) is 2.89. The minimum absolute atomic E-state index is 0.225. The van der Waals surface area contributed by atoms with Crippen LogP contribution < -0.4 is 5.32 Å². The summed E-state index contributed by atoms with van der Waals surface area (Å²) in [7, 11) is 0. The topological polar surface area (TPSA) is 108 Å². The number of nitrogens with one attached hydrogen (secondary N) is 2. The number of aliphatic carboxylic acids is 1. The molecule has 3 rings (SSSR count). The van der Waals surface area contributed by atoms with Crippen molar-refractivity contribution in [3.8, 4) is 0 Å². The van der Waals surface area contributed by atoms with E-state index in [2.05, 4.69) is 20.5 Å². The van der Waals surface area contributed by atoms with Crippen LogP contribution >= 0.6 is 0 Å². The van der Waals surface area contributed by atoms with E-state index in [1.165, 1.54) is 0 Å². The van der Waals surface area contributed by atoms with Gasteiger partial charge in [-0.15, -0.1) is 0 Å². The van der Waals surface area contributed by atoms with E-state index < -0.39 is 17.9 Å². The number of H-pyrrole nitrogens is 1. The summed E-state index contributed by atoms with van der Waals surface area (Å²) in [5.74, 6) is -1.42. The van der Waals surface area contributed by atoms with Crippen LogP contribution in [0.15, 0.2) is 42.7 Å². The highest BCUT2D eigenvalue weighted by Crippen LogP contribution is 2.20. The van der Waals surface area contributed by atoms with Gasteiger partial charge in [0.15, 0.2) is 5.69 Å². The van der Waals surface area contributed by atoms with Crippen LogP contribution in [0.3, 0.4) is 0 Å². The second kappa shape index (κ2) is 6.49. The molecular weight excluding hydrogens is 308 g/mol. The van der Waals surface area contributed by atoms with Crippen molar-refractivity contribution >= 4 is 22.8 Å². The van der Waals surface area contributed by atoms with E-state index >= 15 is 0 Å². The highest BCUT2D eigenvalue weighted by atomic mass is 16.4. The number of carboxylic acids is 1. The first kappa shape index (κ1) is 15.7. The maximum Gasteiger partial charge on any atom is 0.305 e. The zero-order valence-corrected chi connectivity index (χ0v) is 13.0. The lowest BCUT2D eigenvalue weighted by atomic mass is 10.0. The molecule has 0 aliphatic heterocycles. The van der Waals surface area contributed by atoms with Crippen LogP contribution in [0, 0.1) is 6.92 Å². The van der Waals surface area contributed by atoms with E-state index in [-0.39, 0.29) is 12.1 Å². The number of aryl methyl sites for hydroxylation is 1. The molecule has 1 unspecified atom stereocenters. The number of aromatic amines is 1. The lowest BCUT2D eigenvalue weighted by Gasteiger charge is -2.16. The van der Waals surface area contributed by atoms with Crippen molar-refractivity contribution in [1.82, 2.24) is 20.5 Å². The number of benzene rings is 1. The number of carbonyl (C=O) groups is 2. The van der Waals surface area contributed by atoms with Crippen LogP contribution in [-0.4, -0.2) is 32.2 Å². The number of hydrogen-bond acceptors (Lipinski definition) is 4. The fourth-order valence-electron chi connectivity index (χ4n) is 2.56. The van der Waals surface area contributed by atoms with Gasteiger partial charge < -0.3 is 10.4 Å². The number of aromatic nitrogens is 3. The fraction of sp³-hybridized carbons (Fsp3) is 0.176. The molecule has 7 nitrogen and oxygen atoms in total. The average Bonchev–Trinajstić information content (AvgIpc) is 2.97. The Balaban J connectivity index is 1.88. The summed E-state index contributed by atoms with van der Waals surface area (Å²) < 4.78 is 0. The van der Waals surface area contributed by atoms with Crippen molar-refractivity contribution in [3.63, 3.8) is 0 Å². The molecule has 1 aromatic carbocycles. The number of fused-ring (bicyclic) bond motifs is 1. The quantitative estimate of drug-likeness (QED) is 0.667. The van der Waals surface area contributed by atoms with Crippen molar-refractivity contribution in [2.45, 2.75) is 19.4 Å². The van der Waals surface area contributed by atoms with Gasteiger partial charge in [-0.1, -0.05) is 12.1 Å². The van der Waals surface area contributed by atoms with E-state index in [1.807, 2.05) is 25.1 Å². The van der Waals surface area contributed by atoms with Gasteiger partial charge in [0.2, 0.25) is 0 Å². The molecule has 0 spiro atoms. The maximum absolute atomic E-state index is 12.6. The fourth-order valence-corrected chi connectivity index (χ4v) is 2.56. The summed E-state index contributed by atoms with van der Waals surface area (Å²) in [5, 5.41) is 19.4. The predicted octanol–water partition coefficient (Wildman–Crippen LogP) is 2.21. The number of nitrogens with zero attached hydrogens (tertiary/aromatic N) is 2. The number of rotatable bonds is 5. The van der Waals surface area contributed by atoms with E-state index in [9.17, 15) is 9.59 Å². The van der Waals surface area contributed by atoms with Crippen molar-refractivity contribution < 1.29 is 14.7 Å². The molecule has 0 bridgehead atoms. The van der Waals surface area contributed by atoms with E-state index in [0.717, 1.165) is 11.1 Å². The van der Waals surface area contributed by atoms with Crippen molar-refractivity contribution in [3.05, 3.63) is 59.5 Å². The Labute approximate surface area is 137 Å². The number of hydrogen-bond donors (Lipinski definition) is 3. The average molecular weight is 324 g/mol. The molecule has 0 saturated heterocycles. The number of carboxylic acid groups (broad SMARTS) is 1. The third kappa shape index (κ3) is 3.24. The summed E-state index contributed by atoms with van der Waals surface area (Å²) in [4.78, 5) is 27.6. The van der Waals surface area contributed by atoms with E-state index in [0.29, 0.717) is 10.9 Å². The van der Waals surface area contributed by atoms with Crippen molar-refractivity contribution in [1.29, 1.82) is 0 Å². The second-order valence-electron chi connectivity index (χ2n) is 5.53. The van der Waals surface area contributed by atoms with Crippen LogP contribution in [0.2, 0.25) is 0 Å². The summed E-state index contributed by atoms with van der Waals surface area (Å²) in [6, 6.07) is 8.32. The number of pyridine rings is 1. The van der Waals surface area contributed by atoms with Gasteiger partial charge in [0, 0.05) is 17.8 Å². The van der Waals surface area contributed by atoms with Crippen LogP contribution in [0.5, 0.6) is 0 Å². The van der Waals surface area contributed by atoms with Gasteiger partial charge in [-0.25, -0.2) is 0 Å². The molecule has 0 saturated carbocycles. The normalized spacial score (nSPS) is 12.0.